The van der Waals surface area contributed by atoms with Crippen LogP contribution in [0.4, 0.5) is 0 Å². The molecule has 1 rings (SSSR count). The highest BCUT2D eigenvalue weighted by molar-refractivity contribution is 9.10. The molecule has 0 amide bonds. The molecule has 0 fully saturated rings. The third-order valence-corrected chi connectivity index (χ3v) is 3.46. The topological polar surface area (TPSA) is 38.7 Å². The van der Waals surface area contributed by atoms with E-state index in [2.05, 4.69) is 29.8 Å². The first-order valence-corrected chi connectivity index (χ1v) is 6.70. The largest absolute Gasteiger partial charge is 0.493 e. The molecule has 1 aromatic carbocycles. The Morgan fingerprint density at radius 2 is 1.67 bits per heavy atom. The second kappa shape index (κ2) is 5.49. The van der Waals surface area contributed by atoms with Gasteiger partial charge in [0.15, 0.2) is 11.5 Å². The SMILES string of the molecule is COc1c(Br)cc(C(C)(C)O)c(C(C)C)c1OC. The van der Waals surface area contributed by atoms with Crippen LogP contribution >= 0.6 is 15.9 Å². The van der Waals surface area contributed by atoms with Crippen LogP contribution in [-0.2, 0) is 5.60 Å². The van der Waals surface area contributed by atoms with Crippen molar-refractivity contribution in [1.82, 2.24) is 0 Å². The lowest BCUT2D eigenvalue weighted by atomic mass is 9.87. The van der Waals surface area contributed by atoms with E-state index < -0.39 is 5.60 Å². The molecule has 0 aliphatic heterocycles. The zero-order valence-corrected chi connectivity index (χ0v) is 13.4. The Morgan fingerprint density at radius 1 is 1.17 bits per heavy atom. The fourth-order valence-corrected chi connectivity index (χ4v) is 2.67. The van der Waals surface area contributed by atoms with Crippen LogP contribution < -0.4 is 9.47 Å². The van der Waals surface area contributed by atoms with Gasteiger partial charge in [0.05, 0.1) is 24.3 Å². The van der Waals surface area contributed by atoms with Crippen LogP contribution in [0.3, 0.4) is 0 Å². The molecule has 3 nitrogen and oxygen atoms in total. The van der Waals surface area contributed by atoms with Crippen LogP contribution in [0.2, 0.25) is 0 Å². The average molecular weight is 317 g/mol. The zero-order valence-electron chi connectivity index (χ0n) is 11.8. The lowest BCUT2D eigenvalue weighted by Gasteiger charge is -2.27. The first-order valence-electron chi connectivity index (χ1n) is 5.91. The van der Waals surface area contributed by atoms with Gasteiger partial charge in [-0.2, -0.15) is 0 Å². The third kappa shape index (κ3) is 2.81. The molecule has 4 heteroatoms. The number of hydrogen-bond donors (Lipinski definition) is 1. The molecular formula is C14H21BrO3. The molecule has 1 aromatic rings. The molecule has 0 unspecified atom stereocenters. The van der Waals surface area contributed by atoms with Gasteiger partial charge in [0.25, 0.3) is 0 Å². The van der Waals surface area contributed by atoms with Crippen molar-refractivity contribution in [3.63, 3.8) is 0 Å². The lowest BCUT2D eigenvalue weighted by molar-refractivity contribution is 0.0768. The molecule has 0 aromatic heterocycles. The van der Waals surface area contributed by atoms with E-state index >= 15 is 0 Å². The van der Waals surface area contributed by atoms with Gasteiger partial charge in [-0.15, -0.1) is 0 Å². The first-order chi connectivity index (χ1) is 8.23. The molecule has 0 heterocycles. The van der Waals surface area contributed by atoms with E-state index in [1.165, 1.54) is 0 Å². The summed E-state index contributed by atoms with van der Waals surface area (Å²) in [5.74, 6) is 1.57. The predicted molar refractivity (Wildman–Crippen MR) is 76.6 cm³/mol. The number of methoxy groups -OCH3 is 2. The summed E-state index contributed by atoms with van der Waals surface area (Å²) >= 11 is 3.46. The maximum atomic E-state index is 10.3. The summed E-state index contributed by atoms with van der Waals surface area (Å²) in [7, 11) is 3.22. The maximum Gasteiger partial charge on any atom is 0.175 e. The second-order valence-electron chi connectivity index (χ2n) is 5.10. The monoisotopic (exact) mass is 316 g/mol. The lowest BCUT2D eigenvalue weighted by Crippen LogP contribution is -2.19. The number of benzene rings is 1. The van der Waals surface area contributed by atoms with Gasteiger partial charge in [0.1, 0.15) is 0 Å². The van der Waals surface area contributed by atoms with E-state index in [1.807, 2.05) is 6.07 Å². The number of ether oxygens (including phenoxy) is 2. The van der Waals surface area contributed by atoms with Crippen molar-refractivity contribution >= 4 is 15.9 Å². The minimum atomic E-state index is -0.929. The van der Waals surface area contributed by atoms with Gasteiger partial charge >= 0.3 is 0 Å². The molecule has 0 spiro atoms. The summed E-state index contributed by atoms with van der Waals surface area (Å²) in [6, 6.07) is 1.90. The number of rotatable bonds is 4. The fraction of sp³-hybridized carbons (Fsp3) is 0.571. The molecule has 0 saturated carbocycles. The predicted octanol–water partition coefficient (Wildman–Crippen LogP) is 3.82. The summed E-state index contributed by atoms with van der Waals surface area (Å²) in [6.07, 6.45) is 0. The highest BCUT2D eigenvalue weighted by atomic mass is 79.9. The third-order valence-electron chi connectivity index (χ3n) is 2.87. The van der Waals surface area contributed by atoms with Gasteiger partial charge in [-0.05, 0) is 47.3 Å². The van der Waals surface area contributed by atoms with Crippen LogP contribution in [0, 0.1) is 0 Å². The van der Waals surface area contributed by atoms with Gasteiger partial charge in [0.2, 0.25) is 0 Å². The maximum absolute atomic E-state index is 10.3. The van der Waals surface area contributed by atoms with E-state index in [1.54, 1.807) is 28.1 Å². The molecule has 0 aliphatic rings. The molecule has 0 aliphatic carbocycles. The minimum absolute atomic E-state index is 0.225. The van der Waals surface area contributed by atoms with Crippen molar-refractivity contribution in [2.45, 2.75) is 39.2 Å². The highest BCUT2D eigenvalue weighted by Crippen LogP contribution is 2.45. The Kier molecular flexibility index (Phi) is 4.67. The van der Waals surface area contributed by atoms with E-state index in [0.717, 1.165) is 15.6 Å². The van der Waals surface area contributed by atoms with Crippen molar-refractivity contribution in [2.24, 2.45) is 0 Å². The van der Waals surface area contributed by atoms with Crippen molar-refractivity contribution < 1.29 is 14.6 Å². The Morgan fingerprint density at radius 3 is 2.00 bits per heavy atom. The smallest absolute Gasteiger partial charge is 0.175 e. The molecule has 0 saturated heterocycles. The van der Waals surface area contributed by atoms with Gasteiger partial charge in [-0.25, -0.2) is 0 Å². The van der Waals surface area contributed by atoms with E-state index in [-0.39, 0.29) is 5.92 Å². The average Bonchev–Trinajstić information content (AvgIpc) is 2.25. The molecule has 1 N–H and O–H groups in total. The standard InChI is InChI=1S/C14H21BrO3/c1-8(2)11-9(14(3,4)16)7-10(15)12(17-5)13(11)18-6/h7-8,16H,1-6H3. The van der Waals surface area contributed by atoms with Gasteiger partial charge in [0, 0.05) is 5.56 Å². The van der Waals surface area contributed by atoms with E-state index in [9.17, 15) is 5.11 Å². The Hall–Kier alpha value is -0.740. The fourth-order valence-electron chi connectivity index (χ4n) is 2.10. The molecule has 18 heavy (non-hydrogen) atoms. The van der Waals surface area contributed by atoms with E-state index in [0.29, 0.717) is 11.5 Å². The van der Waals surface area contributed by atoms with Crippen molar-refractivity contribution in [2.75, 3.05) is 14.2 Å². The van der Waals surface area contributed by atoms with Gasteiger partial charge in [-0.3, -0.25) is 0 Å². The van der Waals surface area contributed by atoms with Gasteiger partial charge in [-0.1, -0.05) is 13.8 Å². The molecular weight excluding hydrogens is 296 g/mol. The normalized spacial score (nSPS) is 11.8. The zero-order chi connectivity index (χ0) is 14.1. The highest BCUT2D eigenvalue weighted by Gasteiger charge is 2.28. The van der Waals surface area contributed by atoms with E-state index in [4.69, 9.17) is 9.47 Å². The summed E-state index contributed by atoms with van der Waals surface area (Å²) in [5, 5.41) is 10.3. The Labute approximate surface area is 117 Å². The Bertz CT molecular complexity index is 434. The summed E-state index contributed by atoms with van der Waals surface area (Å²) in [5.41, 5.74) is 0.897. The summed E-state index contributed by atoms with van der Waals surface area (Å²) < 4.78 is 11.6. The molecule has 0 atom stereocenters. The van der Waals surface area contributed by atoms with Crippen LogP contribution in [0.5, 0.6) is 11.5 Å². The van der Waals surface area contributed by atoms with Crippen LogP contribution in [-0.4, -0.2) is 19.3 Å². The quantitative estimate of drug-likeness (QED) is 0.917. The minimum Gasteiger partial charge on any atom is -0.493 e. The summed E-state index contributed by atoms with van der Waals surface area (Å²) in [4.78, 5) is 0. The van der Waals surface area contributed by atoms with Crippen LogP contribution in [0.1, 0.15) is 44.7 Å². The number of hydrogen-bond acceptors (Lipinski definition) is 3. The van der Waals surface area contributed by atoms with Crippen molar-refractivity contribution in [3.8, 4) is 11.5 Å². The molecule has 0 bridgehead atoms. The first kappa shape index (κ1) is 15.3. The molecule has 0 radical (unpaired) electrons. The Balaban J connectivity index is 3.69. The summed E-state index contributed by atoms with van der Waals surface area (Å²) in [6.45, 7) is 7.68. The van der Waals surface area contributed by atoms with Gasteiger partial charge < -0.3 is 14.6 Å². The number of aliphatic hydroxyl groups is 1. The van der Waals surface area contributed by atoms with Crippen molar-refractivity contribution in [3.05, 3.63) is 21.7 Å². The van der Waals surface area contributed by atoms with Crippen LogP contribution in [0.25, 0.3) is 0 Å². The van der Waals surface area contributed by atoms with Crippen LogP contribution in [0.15, 0.2) is 10.5 Å². The molecule has 102 valence electrons. The van der Waals surface area contributed by atoms with Crippen molar-refractivity contribution in [1.29, 1.82) is 0 Å². The number of halogens is 1. The second-order valence-corrected chi connectivity index (χ2v) is 5.95.